The minimum Gasteiger partial charge on any atom is -0.352 e. The van der Waals surface area contributed by atoms with Gasteiger partial charge in [0.2, 0.25) is 0 Å². The van der Waals surface area contributed by atoms with Crippen molar-refractivity contribution in [3.8, 4) is 0 Å². The maximum absolute atomic E-state index is 12.1. The van der Waals surface area contributed by atoms with Crippen LogP contribution in [0.2, 0.25) is 20.1 Å². The van der Waals surface area contributed by atoms with E-state index >= 15 is 0 Å². The van der Waals surface area contributed by atoms with E-state index < -0.39 is 0 Å². The summed E-state index contributed by atoms with van der Waals surface area (Å²) in [6.07, 6.45) is 8.66. The summed E-state index contributed by atoms with van der Waals surface area (Å²) in [4.78, 5) is 24.2. The van der Waals surface area contributed by atoms with E-state index in [0.717, 1.165) is 38.5 Å². The number of hydrogen-bond donors (Lipinski definition) is 2. The molecule has 0 bridgehead atoms. The fourth-order valence-electron chi connectivity index (χ4n) is 3.25. The Bertz CT molecular complexity index is 832. The lowest BCUT2D eigenvalue weighted by molar-refractivity contribution is 0.0944. The summed E-state index contributed by atoms with van der Waals surface area (Å²) in [6.45, 7) is 1.27. The van der Waals surface area contributed by atoms with Gasteiger partial charge in [0.15, 0.2) is 0 Å². The molecule has 2 aromatic rings. The Hall–Kier alpha value is -1.46. The van der Waals surface area contributed by atoms with Gasteiger partial charge >= 0.3 is 0 Å². The van der Waals surface area contributed by atoms with Crippen LogP contribution in [0.5, 0.6) is 0 Å². The van der Waals surface area contributed by atoms with Crippen molar-refractivity contribution < 1.29 is 9.59 Å². The van der Waals surface area contributed by atoms with E-state index in [2.05, 4.69) is 10.6 Å². The molecule has 32 heavy (non-hydrogen) atoms. The molecule has 0 saturated carbocycles. The number of benzene rings is 2. The molecule has 2 amide bonds. The predicted octanol–water partition coefficient (Wildman–Crippen LogP) is 7.58. The Labute approximate surface area is 210 Å². The summed E-state index contributed by atoms with van der Waals surface area (Å²) >= 11 is 23.8. The van der Waals surface area contributed by atoms with Crippen molar-refractivity contribution in [1.82, 2.24) is 10.6 Å². The van der Waals surface area contributed by atoms with E-state index in [9.17, 15) is 9.59 Å². The zero-order valence-corrected chi connectivity index (χ0v) is 20.9. The van der Waals surface area contributed by atoms with Crippen LogP contribution in [-0.2, 0) is 0 Å². The molecule has 0 aliphatic heterocycles. The number of nitrogens with one attached hydrogen (secondary N) is 2. The van der Waals surface area contributed by atoms with Gasteiger partial charge in [-0.15, -0.1) is 0 Å². The van der Waals surface area contributed by atoms with Crippen LogP contribution in [0, 0.1) is 0 Å². The molecule has 174 valence electrons. The number of rotatable bonds is 13. The summed E-state index contributed by atoms with van der Waals surface area (Å²) in [5, 5.41) is 7.55. The number of amides is 2. The third-order valence-corrected chi connectivity index (χ3v) is 6.12. The van der Waals surface area contributed by atoms with Gasteiger partial charge < -0.3 is 10.6 Å². The van der Waals surface area contributed by atoms with E-state index in [0.29, 0.717) is 44.3 Å². The van der Waals surface area contributed by atoms with Crippen LogP contribution in [0.15, 0.2) is 36.4 Å². The second kappa shape index (κ2) is 14.6. The number of carbonyl (C=O) groups is 2. The third kappa shape index (κ3) is 9.58. The minimum absolute atomic E-state index is 0.169. The van der Waals surface area contributed by atoms with Crippen LogP contribution >= 0.6 is 46.4 Å². The largest absolute Gasteiger partial charge is 0.352 e. The minimum atomic E-state index is -0.169. The number of hydrogen-bond acceptors (Lipinski definition) is 2. The first-order chi connectivity index (χ1) is 15.4. The molecule has 2 N–H and O–H groups in total. The first-order valence-corrected chi connectivity index (χ1v) is 12.4. The van der Waals surface area contributed by atoms with Crippen molar-refractivity contribution in [2.75, 3.05) is 13.1 Å². The zero-order valence-electron chi connectivity index (χ0n) is 17.9. The quantitative estimate of drug-likeness (QED) is 0.269. The molecule has 0 atom stereocenters. The Morgan fingerprint density at radius 3 is 1.25 bits per heavy atom. The molecule has 2 aromatic carbocycles. The molecule has 0 spiro atoms. The van der Waals surface area contributed by atoms with Gasteiger partial charge in [0.05, 0.1) is 21.2 Å². The molecule has 0 aliphatic rings. The second-order valence-electron chi connectivity index (χ2n) is 7.59. The molecular formula is C24H28Cl4N2O2. The number of unbranched alkanes of at least 4 members (excludes halogenated alkanes) is 7. The van der Waals surface area contributed by atoms with Crippen LogP contribution in [0.4, 0.5) is 0 Å². The highest BCUT2D eigenvalue weighted by Crippen LogP contribution is 2.21. The van der Waals surface area contributed by atoms with Crippen LogP contribution in [0.3, 0.4) is 0 Å². The third-order valence-electron chi connectivity index (χ3n) is 5.03. The van der Waals surface area contributed by atoms with Gasteiger partial charge in [0, 0.05) is 23.1 Å². The predicted molar refractivity (Wildman–Crippen MR) is 135 cm³/mol. The first kappa shape index (κ1) is 26.8. The van der Waals surface area contributed by atoms with Crippen molar-refractivity contribution in [3.05, 3.63) is 67.6 Å². The van der Waals surface area contributed by atoms with Crippen molar-refractivity contribution >= 4 is 58.2 Å². The average molecular weight is 518 g/mol. The molecule has 0 saturated heterocycles. The molecule has 0 radical (unpaired) electrons. The van der Waals surface area contributed by atoms with E-state index in [1.54, 1.807) is 36.4 Å². The SMILES string of the molecule is O=C(NCCCCCCCCCCNC(=O)c1ccc(Cl)cc1Cl)c1ccc(Cl)cc1Cl. The number of halogens is 4. The van der Waals surface area contributed by atoms with Crippen LogP contribution in [0.1, 0.15) is 72.1 Å². The monoisotopic (exact) mass is 516 g/mol. The van der Waals surface area contributed by atoms with Crippen molar-refractivity contribution in [1.29, 1.82) is 0 Å². The van der Waals surface area contributed by atoms with Gasteiger partial charge in [0.25, 0.3) is 11.8 Å². The van der Waals surface area contributed by atoms with Gasteiger partial charge in [0.1, 0.15) is 0 Å². The van der Waals surface area contributed by atoms with E-state index in [1.807, 2.05) is 0 Å². The molecule has 0 aromatic heterocycles. The molecule has 0 aliphatic carbocycles. The van der Waals surface area contributed by atoms with E-state index in [4.69, 9.17) is 46.4 Å². The lowest BCUT2D eigenvalue weighted by Gasteiger charge is -2.08. The lowest BCUT2D eigenvalue weighted by Crippen LogP contribution is -2.24. The molecule has 0 unspecified atom stereocenters. The maximum Gasteiger partial charge on any atom is 0.252 e. The summed E-state index contributed by atoms with van der Waals surface area (Å²) in [7, 11) is 0. The van der Waals surface area contributed by atoms with Gasteiger partial charge in [-0.1, -0.05) is 84.9 Å². The molecule has 4 nitrogen and oxygen atoms in total. The fraction of sp³-hybridized carbons (Fsp3) is 0.417. The normalized spacial score (nSPS) is 10.8. The smallest absolute Gasteiger partial charge is 0.252 e. The van der Waals surface area contributed by atoms with Crippen molar-refractivity contribution in [2.45, 2.75) is 51.4 Å². The summed E-state index contributed by atoms with van der Waals surface area (Å²) in [6, 6.07) is 9.73. The number of carbonyl (C=O) groups excluding carboxylic acids is 2. The summed E-state index contributed by atoms with van der Waals surface area (Å²) < 4.78 is 0. The van der Waals surface area contributed by atoms with Gasteiger partial charge in [-0.05, 0) is 49.2 Å². The topological polar surface area (TPSA) is 58.2 Å². The highest BCUT2D eigenvalue weighted by atomic mass is 35.5. The molecule has 0 heterocycles. The lowest BCUT2D eigenvalue weighted by atomic mass is 10.1. The van der Waals surface area contributed by atoms with Crippen molar-refractivity contribution in [2.24, 2.45) is 0 Å². The average Bonchev–Trinajstić information content (AvgIpc) is 2.74. The van der Waals surface area contributed by atoms with Crippen molar-refractivity contribution in [3.63, 3.8) is 0 Å². The Kier molecular flexibility index (Phi) is 12.3. The second-order valence-corrected chi connectivity index (χ2v) is 9.28. The van der Waals surface area contributed by atoms with Gasteiger partial charge in [-0.25, -0.2) is 0 Å². The maximum atomic E-state index is 12.1. The zero-order chi connectivity index (χ0) is 23.3. The van der Waals surface area contributed by atoms with Crippen LogP contribution in [-0.4, -0.2) is 24.9 Å². The van der Waals surface area contributed by atoms with E-state index in [-0.39, 0.29) is 11.8 Å². The first-order valence-electron chi connectivity index (χ1n) is 10.8. The molecular weight excluding hydrogens is 490 g/mol. The van der Waals surface area contributed by atoms with Gasteiger partial charge in [-0.3, -0.25) is 9.59 Å². The Balaban J connectivity index is 1.44. The highest BCUT2D eigenvalue weighted by Gasteiger charge is 2.10. The van der Waals surface area contributed by atoms with Crippen LogP contribution in [0.25, 0.3) is 0 Å². The van der Waals surface area contributed by atoms with Crippen LogP contribution < -0.4 is 10.6 Å². The summed E-state index contributed by atoms with van der Waals surface area (Å²) in [5.74, 6) is -0.339. The van der Waals surface area contributed by atoms with Gasteiger partial charge in [-0.2, -0.15) is 0 Å². The fourth-order valence-corrected chi connectivity index (χ4v) is 4.24. The Morgan fingerprint density at radius 2 is 0.906 bits per heavy atom. The summed E-state index contributed by atoms with van der Waals surface area (Å²) in [5.41, 5.74) is 0.895. The molecule has 2 rings (SSSR count). The van der Waals surface area contributed by atoms with E-state index in [1.165, 1.54) is 12.8 Å². The Morgan fingerprint density at radius 1 is 0.562 bits per heavy atom. The highest BCUT2D eigenvalue weighted by molar-refractivity contribution is 6.37. The standard InChI is InChI=1S/C24H28Cl4N2O2/c25-17-9-11-19(21(27)15-17)23(31)29-13-7-5-3-1-2-4-6-8-14-30-24(32)20-12-10-18(26)16-22(20)28/h9-12,15-16H,1-8,13-14H2,(H,29,31)(H,30,32). The molecule has 8 heteroatoms. The molecule has 0 fully saturated rings.